The lowest BCUT2D eigenvalue weighted by Crippen LogP contribution is -2.39. The van der Waals surface area contributed by atoms with Crippen LogP contribution in [-0.2, 0) is 12.8 Å². The van der Waals surface area contributed by atoms with Crippen LogP contribution in [0.25, 0.3) is 44.4 Å². The third-order valence-corrected chi connectivity index (χ3v) is 16.6. The van der Waals surface area contributed by atoms with Crippen molar-refractivity contribution in [2.24, 2.45) is 11.8 Å². The fourth-order valence-corrected chi connectivity index (χ4v) is 11.7. The number of piperidine rings is 3. The van der Waals surface area contributed by atoms with Gasteiger partial charge in [0.2, 0.25) is 0 Å². The van der Waals surface area contributed by atoms with Crippen LogP contribution in [-0.4, -0.2) is 102 Å². The third kappa shape index (κ3) is 14.2. The molecule has 15 heteroatoms. The van der Waals surface area contributed by atoms with Crippen molar-refractivity contribution in [1.82, 2.24) is 44.6 Å². The van der Waals surface area contributed by atoms with Crippen molar-refractivity contribution in [3.63, 3.8) is 0 Å². The van der Waals surface area contributed by atoms with E-state index in [-0.39, 0.29) is 29.4 Å². The molecule has 3 aromatic heterocycles. The summed E-state index contributed by atoms with van der Waals surface area (Å²) in [6, 6.07) is 53.2. The van der Waals surface area contributed by atoms with Crippen LogP contribution in [0.4, 0.5) is 8.78 Å². The number of nitrogens with one attached hydrogen (secondary N) is 3. The molecule has 3 fully saturated rings. The van der Waals surface area contributed by atoms with Gasteiger partial charge in [0.1, 0.15) is 29.1 Å². The minimum atomic E-state index is -0.256. The van der Waals surface area contributed by atoms with Crippen LogP contribution in [0.2, 0.25) is 0 Å². The maximum atomic E-state index is 14.0. The predicted molar refractivity (Wildman–Crippen MR) is 326 cm³/mol. The minimum Gasteiger partial charge on any atom is -0.349 e. The van der Waals surface area contributed by atoms with Crippen LogP contribution in [0, 0.1) is 34.8 Å². The summed E-state index contributed by atoms with van der Waals surface area (Å²) in [6.45, 7) is 4.53. The average molecular weight is 1130 g/mol. The highest BCUT2D eigenvalue weighted by atomic mass is 19.1. The van der Waals surface area contributed by atoms with E-state index in [1.165, 1.54) is 12.1 Å². The molecule has 6 heterocycles. The summed E-state index contributed by atoms with van der Waals surface area (Å²) in [5, 5.41) is 8.89. The fourth-order valence-electron chi connectivity index (χ4n) is 11.7. The second-order valence-electron chi connectivity index (χ2n) is 22.0. The number of imidazole rings is 3. The molecule has 0 saturated carbocycles. The number of carbonyl (C=O) groups is 3. The summed E-state index contributed by atoms with van der Waals surface area (Å²) in [7, 11) is 0. The lowest BCUT2D eigenvalue weighted by Gasteiger charge is -2.31. The van der Waals surface area contributed by atoms with Crippen LogP contribution in [0.1, 0.15) is 98.6 Å². The van der Waals surface area contributed by atoms with Crippen molar-refractivity contribution < 1.29 is 23.2 Å². The Morgan fingerprint density at radius 2 is 0.906 bits per heavy atom. The van der Waals surface area contributed by atoms with E-state index in [9.17, 15) is 23.2 Å². The van der Waals surface area contributed by atoms with Crippen LogP contribution in [0.15, 0.2) is 195 Å². The molecule has 13 rings (SSSR count). The number of hydrogen-bond donors (Lipinski definition) is 3. The van der Waals surface area contributed by atoms with Gasteiger partial charge in [0.15, 0.2) is 0 Å². The summed E-state index contributed by atoms with van der Waals surface area (Å²) in [5.74, 6) is 4.21. The number of amides is 3. The van der Waals surface area contributed by atoms with Crippen molar-refractivity contribution in [2.75, 3.05) is 39.3 Å². The Hall–Kier alpha value is -9.81. The molecule has 10 aromatic rings. The zero-order valence-electron chi connectivity index (χ0n) is 47.2. The standard InChI is InChI=1S/C26H24FN3O.C22H22FN3O.C22H20N4O/c27-22-6-2-1-5-21(22)19-9-11-20(12-10-19)26(31)30-15-13-18(14-16-30)17-25-28-23-7-3-4-8-24(23)29-25;23-20-4-2-1-3-19(20)17-5-7-18(8-6-17)22(27)26-13-9-16(10-14-26)15-21-24-11-12-25-21;23-15-16-1-3-17(4-2-16)18-5-7-20(8-6-18)22(27)26-13-9-19(10-14-26)21-24-11-12-25-21/h1-12,18H,13-17H2,(H,28,29);1-8,11-12,16H,9-10,13-15H2,(H,24,25);1-8,11-12,19H,9-10,13-14H2,(H,24,25). The molecule has 7 aromatic carbocycles. The minimum absolute atomic E-state index is 0.0438. The molecule has 3 aliphatic heterocycles. The Labute approximate surface area is 493 Å². The molecular weight excluding hydrogens is 1070 g/mol. The first-order chi connectivity index (χ1) is 41.6. The molecule has 85 heavy (non-hydrogen) atoms. The normalized spacial score (nSPS) is 14.9. The Morgan fingerprint density at radius 3 is 1.35 bits per heavy atom. The Morgan fingerprint density at radius 1 is 0.482 bits per heavy atom. The molecule has 0 atom stereocenters. The van der Waals surface area contributed by atoms with E-state index in [0.717, 1.165) is 141 Å². The highest BCUT2D eigenvalue weighted by Crippen LogP contribution is 2.30. The van der Waals surface area contributed by atoms with E-state index in [0.29, 0.717) is 51.1 Å². The molecular formula is C70H66F2N10O3. The van der Waals surface area contributed by atoms with Gasteiger partial charge in [-0.2, -0.15) is 5.26 Å². The Balaban J connectivity index is 0.000000133. The van der Waals surface area contributed by atoms with Gasteiger partial charge in [0.05, 0.1) is 22.7 Å². The van der Waals surface area contributed by atoms with Crippen molar-refractivity contribution in [3.8, 4) is 39.4 Å². The summed E-state index contributed by atoms with van der Waals surface area (Å²) in [5.41, 5.74) is 9.46. The van der Waals surface area contributed by atoms with Crippen molar-refractivity contribution in [3.05, 3.63) is 246 Å². The SMILES string of the molecule is N#Cc1ccc(-c2ccc(C(=O)N3CCC(c4ncc[nH]4)CC3)cc2)cc1.O=C(c1ccc(-c2ccccc2F)cc1)N1CCC(Cc2nc3ccccc3[nH]2)CC1.O=C(c1ccc(-c2ccccc2F)cc1)N1CCC(Cc2ncc[nH]2)CC1. The van der Waals surface area contributed by atoms with E-state index in [2.05, 4.69) is 36.0 Å². The zero-order chi connectivity index (χ0) is 58.5. The van der Waals surface area contributed by atoms with Gasteiger partial charge in [0.25, 0.3) is 17.7 Å². The number of aromatic nitrogens is 6. The van der Waals surface area contributed by atoms with Crippen molar-refractivity contribution >= 4 is 28.8 Å². The van der Waals surface area contributed by atoms with Gasteiger partial charge >= 0.3 is 0 Å². The summed E-state index contributed by atoms with van der Waals surface area (Å²) in [6.07, 6.45) is 14.9. The highest BCUT2D eigenvalue weighted by molar-refractivity contribution is 5.96. The Bertz CT molecular complexity index is 3820. The average Bonchev–Trinajstić information content (AvgIpc) is 4.55. The van der Waals surface area contributed by atoms with Gasteiger partial charge in [-0.05, 0) is 145 Å². The van der Waals surface area contributed by atoms with E-state index in [1.807, 2.05) is 124 Å². The molecule has 0 unspecified atom stereocenters. The summed E-state index contributed by atoms with van der Waals surface area (Å²) in [4.78, 5) is 67.3. The number of likely N-dealkylation sites (tertiary alicyclic amines) is 3. The number of nitrogens with zero attached hydrogens (tertiary/aromatic N) is 7. The monoisotopic (exact) mass is 1130 g/mol. The molecule has 0 bridgehead atoms. The molecule has 0 aliphatic carbocycles. The van der Waals surface area contributed by atoms with Crippen LogP contribution >= 0.6 is 0 Å². The maximum Gasteiger partial charge on any atom is 0.253 e. The molecule has 0 spiro atoms. The van der Waals surface area contributed by atoms with Gasteiger partial charge in [-0.1, -0.05) is 97.1 Å². The molecule has 3 aliphatic rings. The number of para-hydroxylation sites is 2. The number of benzene rings is 7. The predicted octanol–water partition coefficient (Wildman–Crippen LogP) is 13.7. The number of hydrogen-bond acceptors (Lipinski definition) is 7. The van der Waals surface area contributed by atoms with E-state index in [4.69, 9.17) is 5.26 Å². The largest absolute Gasteiger partial charge is 0.349 e. The first-order valence-corrected chi connectivity index (χ1v) is 29.2. The fraction of sp³-hybridized carbons (Fsp3) is 0.243. The second kappa shape index (κ2) is 27.1. The van der Waals surface area contributed by atoms with Crippen molar-refractivity contribution in [1.29, 1.82) is 5.26 Å². The maximum absolute atomic E-state index is 14.0. The smallest absolute Gasteiger partial charge is 0.253 e. The van der Waals surface area contributed by atoms with Crippen molar-refractivity contribution in [2.45, 2.75) is 57.3 Å². The molecule has 3 amide bonds. The van der Waals surface area contributed by atoms with Crippen LogP contribution in [0.3, 0.4) is 0 Å². The number of fused-ring (bicyclic) bond motifs is 1. The third-order valence-electron chi connectivity index (χ3n) is 16.6. The summed E-state index contributed by atoms with van der Waals surface area (Å²) >= 11 is 0. The lowest BCUT2D eigenvalue weighted by atomic mass is 9.93. The second-order valence-corrected chi connectivity index (χ2v) is 22.0. The van der Waals surface area contributed by atoms with Gasteiger partial charge in [-0.25, -0.2) is 23.7 Å². The Kier molecular flexibility index (Phi) is 18.2. The first-order valence-electron chi connectivity index (χ1n) is 29.2. The van der Waals surface area contributed by atoms with Gasteiger partial charge in [-0.3, -0.25) is 14.4 Å². The van der Waals surface area contributed by atoms with E-state index >= 15 is 0 Å². The van der Waals surface area contributed by atoms with Crippen LogP contribution in [0.5, 0.6) is 0 Å². The molecule has 3 N–H and O–H groups in total. The number of halogens is 2. The zero-order valence-corrected chi connectivity index (χ0v) is 47.2. The van der Waals surface area contributed by atoms with Crippen LogP contribution < -0.4 is 0 Å². The number of H-pyrrole nitrogens is 3. The lowest BCUT2D eigenvalue weighted by molar-refractivity contribution is 0.0682. The number of nitriles is 1. The van der Waals surface area contributed by atoms with E-state index in [1.54, 1.807) is 73.1 Å². The highest BCUT2D eigenvalue weighted by Gasteiger charge is 2.28. The topological polar surface area (TPSA) is 171 Å². The first kappa shape index (κ1) is 57.0. The number of aromatic amines is 3. The molecule has 13 nitrogen and oxygen atoms in total. The number of rotatable bonds is 11. The summed E-state index contributed by atoms with van der Waals surface area (Å²) < 4.78 is 27.9. The van der Waals surface area contributed by atoms with E-state index < -0.39 is 0 Å². The quantitative estimate of drug-likeness (QED) is 0.116. The number of carbonyl (C=O) groups excluding carboxylic acids is 3. The van der Waals surface area contributed by atoms with Gasteiger partial charge in [-0.15, -0.1) is 0 Å². The molecule has 3 saturated heterocycles. The molecule has 428 valence electrons. The van der Waals surface area contributed by atoms with Gasteiger partial charge < -0.3 is 29.7 Å². The molecule has 0 radical (unpaired) electrons. The van der Waals surface area contributed by atoms with Gasteiger partial charge in [0, 0.05) is 111 Å².